The van der Waals surface area contributed by atoms with Gasteiger partial charge in [0.15, 0.2) is 14.3 Å². The van der Waals surface area contributed by atoms with E-state index in [1.807, 2.05) is 115 Å². The maximum absolute atomic E-state index is 15.6. The summed E-state index contributed by atoms with van der Waals surface area (Å²) in [6.45, 7) is 0. The van der Waals surface area contributed by atoms with Gasteiger partial charge in [0.1, 0.15) is 0 Å². The molecule has 194 valence electrons. The molecule has 0 radical (unpaired) electrons. The van der Waals surface area contributed by atoms with E-state index in [2.05, 4.69) is 36.1 Å². The van der Waals surface area contributed by atoms with E-state index in [1.54, 1.807) is 0 Å². The lowest BCUT2D eigenvalue weighted by Gasteiger charge is -2.27. The van der Waals surface area contributed by atoms with Crippen molar-refractivity contribution in [2.45, 2.75) is 11.6 Å². The van der Waals surface area contributed by atoms with Gasteiger partial charge in [-0.2, -0.15) is 0 Å². The predicted molar refractivity (Wildman–Crippen MR) is 178 cm³/mol. The second kappa shape index (κ2) is 11.0. The van der Waals surface area contributed by atoms with Crippen molar-refractivity contribution in [1.82, 2.24) is 0 Å². The van der Waals surface area contributed by atoms with Gasteiger partial charge in [0, 0.05) is 32.4 Å². The molecule has 0 aliphatic carbocycles. The van der Waals surface area contributed by atoms with E-state index < -0.39 is 14.3 Å². The summed E-state index contributed by atoms with van der Waals surface area (Å²) in [7, 11) is -0.297. The van der Waals surface area contributed by atoms with E-state index in [0.717, 1.165) is 51.2 Å². The van der Waals surface area contributed by atoms with E-state index in [9.17, 15) is 0 Å². The third-order valence-corrected chi connectivity index (χ3v) is 14.5. The molecule has 0 saturated heterocycles. The number of benzene rings is 5. The van der Waals surface area contributed by atoms with Crippen molar-refractivity contribution in [2.24, 2.45) is 0 Å². The van der Waals surface area contributed by atoms with Gasteiger partial charge >= 0.3 is 0 Å². The van der Waals surface area contributed by atoms with Gasteiger partial charge in [0.25, 0.3) is 0 Å². The van der Waals surface area contributed by atoms with Crippen LogP contribution in [0, 0.1) is 0 Å². The quantitative estimate of drug-likeness (QED) is 0.203. The average Bonchev–Trinajstić information content (AvgIpc) is 3.21. The highest BCUT2D eigenvalue weighted by atomic mass is 32.4. The summed E-state index contributed by atoms with van der Waals surface area (Å²) >= 11 is 0. The molecule has 0 aromatic heterocycles. The second-order valence-corrected chi connectivity index (χ2v) is 19.6. The summed E-state index contributed by atoms with van der Waals surface area (Å²) < 4.78 is 31.1. The Labute approximate surface area is 236 Å². The van der Waals surface area contributed by atoms with E-state index in [1.165, 1.54) is 0 Å². The molecule has 2 aliphatic heterocycles. The Bertz CT molecular complexity index is 1740. The Balaban J connectivity index is 0.000000883. The molecule has 5 aromatic rings. The first-order chi connectivity index (χ1) is 19.1. The van der Waals surface area contributed by atoms with E-state index in [-0.39, 0.29) is 11.6 Å². The Morgan fingerprint density at radius 3 is 1.44 bits per heavy atom. The maximum atomic E-state index is 15.6. The van der Waals surface area contributed by atoms with Crippen molar-refractivity contribution in [2.75, 3.05) is 0 Å². The van der Waals surface area contributed by atoms with Gasteiger partial charge < -0.3 is 9.13 Å². The molecule has 0 saturated carbocycles. The molecule has 6 unspecified atom stereocenters. The second-order valence-electron chi connectivity index (χ2n) is 9.70. The van der Waals surface area contributed by atoms with Crippen molar-refractivity contribution in [3.05, 3.63) is 150 Å². The normalized spacial score (nSPS) is 24.2. The van der Waals surface area contributed by atoms with Crippen LogP contribution in [0.5, 0.6) is 0 Å². The topological polar surface area (TPSA) is 34.1 Å². The summed E-state index contributed by atoms with van der Waals surface area (Å²) in [5, 5.41) is 4.25. The smallest absolute Gasteiger partial charge is 0.171 e. The zero-order valence-electron chi connectivity index (χ0n) is 21.2. The minimum absolute atomic E-state index is 0.149. The van der Waals surface area contributed by atoms with Crippen LogP contribution >= 0.6 is 40.1 Å². The lowest BCUT2D eigenvalue weighted by atomic mass is 9.86. The monoisotopic (exact) mass is 600 g/mol. The van der Waals surface area contributed by atoms with Gasteiger partial charge in [-0.15, -0.1) is 17.9 Å². The Morgan fingerprint density at radius 2 is 0.872 bits per heavy atom. The molecule has 0 N–H and O–H groups in total. The third-order valence-electron chi connectivity index (χ3n) is 7.80. The summed E-state index contributed by atoms with van der Waals surface area (Å²) in [6, 6.07) is 44.1. The SMILES string of the molecule is O=P1(c2ccccc2)c2ccccc2C2c3ccccc3P(=O)(c3ccccc3)C2c2ccccc21.PPP. The molecular weight excluding hydrogens is 571 g/mol. The largest absolute Gasteiger partial charge is 0.313 e. The van der Waals surface area contributed by atoms with Crippen LogP contribution in [0.3, 0.4) is 0 Å². The predicted octanol–water partition coefficient (Wildman–Crippen LogP) is 7.09. The van der Waals surface area contributed by atoms with E-state index >= 15 is 9.13 Å². The van der Waals surface area contributed by atoms with E-state index in [4.69, 9.17) is 0 Å². The summed E-state index contributed by atoms with van der Waals surface area (Å²) in [6.07, 6.45) is 0. The zero-order chi connectivity index (χ0) is 27.0. The summed E-state index contributed by atoms with van der Waals surface area (Å²) in [5.41, 5.74) is 2.72. The standard InChI is InChI=1S/C32H24O2P2.H5P3/c33-35(23-13-3-1-4-14-23)28-20-10-7-17-25(28)31-26-18-8-11-21-29(26)36(34,24-15-5-2-6-16-24)32(31)27-19-9-12-22-30(27)35;1-3-2/h1-22,31-32H;3H,1-2H2. The van der Waals surface area contributed by atoms with Crippen molar-refractivity contribution >= 4 is 66.6 Å². The Hall–Kier alpha value is -2.15. The number of hydrogen-bond acceptors (Lipinski definition) is 2. The van der Waals surface area contributed by atoms with Crippen molar-refractivity contribution in [3.63, 3.8) is 0 Å². The molecular formula is C32H29O2P5. The van der Waals surface area contributed by atoms with Crippen LogP contribution in [0.2, 0.25) is 0 Å². The van der Waals surface area contributed by atoms with Gasteiger partial charge in [-0.25, -0.2) is 0 Å². The first kappa shape index (κ1) is 27.0. The fourth-order valence-corrected chi connectivity index (χ4v) is 13.4. The molecule has 2 nitrogen and oxygen atoms in total. The fourth-order valence-electron chi connectivity index (χ4n) is 6.35. The molecule has 7 heteroatoms. The molecule has 7 rings (SSSR count). The van der Waals surface area contributed by atoms with Gasteiger partial charge in [-0.3, -0.25) is 0 Å². The zero-order valence-corrected chi connectivity index (χ0v) is 26.3. The molecule has 5 aromatic carbocycles. The number of hydrogen-bond donors (Lipinski definition) is 0. The first-order valence-electron chi connectivity index (χ1n) is 12.8. The van der Waals surface area contributed by atoms with Crippen LogP contribution in [0.25, 0.3) is 0 Å². The molecule has 0 spiro atoms. The first-order valence-corrected chi connectivity index (χ1v) is 20.9. The maximum Gasteiger partial charge on any atom is 0.171 e. The summed E-state index contributed by atoms with van der Waals surface area (Å²) in [5.74, 6) is -0.149. The van der Waals surface area contributed by atoms with Crippen LogP contribution in [0.1, 0.15) is 28.3 Å². The number of rotatable bonds is 2. The lowest BCUT2D eigenvalue weighted by Crippen LogP contribution is -2.28. The van der Waals surface area contributed by atoms with Crippen molar-refractivity contribution in [1.29, 1.82) is 0 Å². The average molecular weight is 600 g/mol. The highest BCUT2D eigenvalue weighted by molar-refractivity contribution is 8.33. The minimum Gasteiger partial charge on any atom is -0.313 e. The molecule has 0 fully saturated rings. The van der Waals surface area contributed by atoms with Crippen LogP contribution in [0.4, 0.5) is 0 Å². The molecule has 39 heavy (non-hydrogen) atoms. The Kier molecular flexibility index (Phi) is 7.64. The number of fused-ring (bicyclic) bond motifs is 7. The Morgan fingerprint density at radius 1 is 0.487 bits per heavy atom. The van der Waals surface area contributed by atoms with Gasteiger partial charge in [-0.05, 0) is 16.7 Å². The molecule has 0 bridgehead atoms. The molecule has 6 atom stereocenters. The van der Waals surface area contributed by atoms with Crippen molar-refractivity contribution in [3.8, 4) is 0 Å². The fraction of sp³-hybridized carbons (Fsp3) is 0.0625. The van der Waals surface area contributed by atoms with Crippen LogP contribution in [-0.4, -0.2) is 0 Å². The van der Waals surface area contributed by atoms with Gasteiger partial charge in [-0.1, -0.05) is 141 Å². The van der Waals surface area contributed by atoms with Gasteiger partial charge in [0.2, 0.25) is 0 Å². The van der Waals surface area contributed by atoms with E-state index in [0.29, 0.717) is 0 Å². The minimum atomic E-state index is -3.22. The highest BCUT2D eigenvalue weighted by Crippen LogP contribution is 2.71. The van der Waals surface area contributed by atoms with Gasteiger partial charge in [0.05, 0.1) is 5.66 Å². The van der Waals surface area contributed by atoms with Crippen molar-refractivity contribution < 1.29 is 9.13 Å². The molecule has 2 heterocycles. The summed E-state index contributed by atoms with van der Waals surface area (Å²) in [4.78, 5) is 0. The molecule has 0 amide bonds. The molecule has 2 aliphatic rings. The van der Waals surface area contributed by atoms with Crippen LogP contribution < -0.4 is 26.5 Å². The lowest BCUT2D eigenvalue weighted by molar-refractivity contribution is 0.577. The van der Waals surface area contributed by atoms with Crippen LogP contribution in [0.15, 0.2) is 133 Å². The van der Waals surface area contributed by atoms with Crippen LogP contribution in [-0.2, 0) is 9.13 Å². The third kappa shape index (κ3) is 4.20. The highest BCUT2D eigenvalue weighted by Gasteiger charge is 2.55.